The predicted molar refractivity (Wildman–Crippen MR) is 68.4 cm³/mol. The Balaban J connectivity index is 2.19. The van der Waals surface area contributed by atoms with Crippen molar-refractivity contribution in [2.24, 2.45) is 0 Å². The van der Waals surface area contributed by atoms with Crippen LogP contribution in [-0.2, 0) is 6.54 Å². The summed E-state index contributed by atoms with van der Waals surface area (Å²) < 4.78 is 2.17. The van der Waals surface area contributed by atoms with Crippen molar-refractivity contribution in [3.05, 3.63) is 24.0 Å². The van der Waals surface area contributed by atoms with Crippen molar-refractivity contribution in [3.63, 3.8) is 0 Å². The molecule has 0 fully saturated rings. The van der Waals surface area contributed by atoms with E-state index in [4.69, 9.17) is 0 Å². The topological polar surface area (TPSA) is 25.2 Å². The molecule has 2 nitrogen and oxygen atoms in total. The number of hydrogen-bond donors (Lipinski definition) is 1. The maximum absolute atomic E-state index is 9.55. The quantitative estimate of drug-likeness (QED) is 0.664. The second kappa shape index (κ2) is 7.50. The van der Waals surface area contributed by atoms with Crippen LogP contribution in [0.15, 0.2) is 18.3 Å². The molecule has 0 aliphatic carbocycles. The van der Waals surface area contributed by atoms with E-state index < -0.39 is 0 Å². The molecule has 1 heterocycles. The van der Waals surface area contributed by atoms with Crippen molar-refractivity contribution < 1.29 is 5.11 Å². The van der Waals surface area contributed by atoms with Crippen molar-refractivity contribution >= 4 is 0 Å². The van der Waals surface area contributed by atoms with E-state index in [0.717, 1.165) is 12.2 Å². The van der Waals surface area contributed by atoms with Crippen LogP contribution in [0, 0.1) is 0 Å². The first-order valence-electron chi connectivity index (χ1n) is 6.58. The van der Waals surface area contributed by atoms with Gasteiger partial charge in [-0.25, -0.2) is 0 Å². The lowest BCUT2D eigenvalue weighted by atomic mass is 10.1. The predicted octanol–water partition coefficient (Wildman–Crippen LogP) is 3.90. The minimum atomic E-state index is -0.352. The van der Waals surface area contributed by atoms with Crippen LogP contribution < -0.4 is 0 Å². The highest BCUT2D eigenvalue weighted by molar-refractivity contribution is 5.09. The van der Waals surface area contributed by atoms with E-state index in [0.29, 0.717) is 0 Å². The lowest BCUT2D eigenvalue weighted by molar-refractivity contribution is 0.188. The van der Waals surface area contributed by atoms with E-state index in [-0.39, 0.29) is 6.10 Å². The Morgan fingerprint density at radius 3 is 2.56 bits per heavy atom. The molecule has 2 heteroatoms. The summed E-state index contributed by atoms with van der Waals surface area (Å²) in [5, 5.41) is 9.55. The van der Waals surface area contributed by atoms with Crippen molar-refractivity contribution in [3.8, 4) is 0 Å². The summed E-state index contributed by atoms with van der Waals surface area (Å²) in [6.45, 7) is 5.11. The van der Waals surface area contributed by atoms with E-state index in [1.165, 1.54) is 38.5 Å². The lowest BCUT2D eigenvalue weighted by Gasteiger charge is -2.11. The maximum atomic E-state index is 9.55. The van der Waals surface area contributed by atoms with Gasteiger partial charge in [-0.3, -0.25) is 0 Å². The molecule has 92 valence electrons. The minimum absolute atomic E-state index is 0.352. The smallest absolute Gasteiger partial charge is 0.0911 e. The Bertz CT molecular complexity index is 278. The van der Waals surface area contributed by atoms with Crippen LogP contribution >= 0.6 is 0 Å². The Morgan fingerprint density at radius 2 is 1.88 bits per heavy atom. The Labute approximate surface area is 99.3 Å². The zero-order valence-corrected chi connectivity index (χ0v) is 10.7. The van der Waals surface area contributed by atoms with Crippen LogP contribution in [0.5, 0.6) is 0 Å². The third-order valence-corrected chi connectivity index (χ3v) is 3.05. The number of aryl methyl sites for hydroxylation is 1. The van der Waals surface area contributed by atoms with Gasteiger partial charge in [-0.15, -0.1) is 0 Å². The third-order valence-electron chi connectivity index (χ3n) is 3.05. The molecule has 0 spiro atoms. The number of rotatable bonds is 8. The normalized spacial score (nSPS) is 12.9. The van der Waals surface area contributed by atoms with E-state index in [1.54, 1.807) is 0 Å². The van der Waals surface area contributed by atoms with Gasteiger partial charge in [0.2, 0.25) is 0 Å². The standard InChI is InChI=1S/C14H25NO/c1-3-4-5-6-7-8-11-15-12-9-10-14(15)13(2)16/h9-10,12-13,16H,3-8,11H2,1-2H3. The van der Waals surface area contributed by atoms with Gasteiger partial charge >= 0.3 is 0 Å². The van der Waals surface area contributed by atoms with E-state index >= 15 is 0 Å². The molecule has 0 amide bonds. The number of aliphatic hydroxyl groups is 1. The molecule has 0 bridgehead atoms. The molecule has 1 N–H and O–H groups in total. The first kappa shape index (κ1) is 13.3. The first-order chi connectivity index (χ1) is 7.75. The number of hydrogen-bond acceptors (Lipinski definition) is 1. The van der Waals surface area contributed by atoms with Gasteiger partial charge in [-0.05, 0) is 25.5 Å². The summed E-state index contributed by atoms with van der Waals surface area (Å²) in [7, 11) is 0. The van der Waals surface area contributed by atoms with Gasteiger partial charge in [0.1, 0.15) is 0 Å². The van der Waals surface area contributed by atoms with Gasteiger partial charge in [-0.1, -0.05) is 39.0 Å². The third kappa shape index (κ3) is 4.40. The molecule has 16 heavy (non-hydrogen) atoms. The van der Waals surface area contributed by atoms with Crippen molar-refractivity contribution in [1.29, 1.82) is 0 Å². The first-order valence-corrected chi connectivity index (χ1v) is 6.58. The summed E-state index contributed by atoms with van der Waals surface area (Å²) in [5.74, 6) is 0. The highest BCUT2D eigenvalue weighted by Gasteiger charge is 2.05. The Kier molecular flexibility index (Phi) is 6.24. The number of unbranched alkanes of at least 4 members (excludes halogenated alkanes) is 5. The number of aliphatic hydroxyl groups excluding tert-OH is 1. The van der Waals surface area contributed by atoms with Crippen LogP contribution in [0.3, 0.4) is 0 Å². The molecule has 1 aromatic rings. The molecule has 0 aliphatic heterocycles. The van der Waals surface area contributed by atoms with Gasteiger partial charge in [0.05, 0.1) is 6.10 Å². The molecule has 0 saturated heterocycles. The summed E-state index contributed by atoms with van der Waals surface area (Å²) in [4.78, 5) is 0. The fraction of sp³-hybridized carbons (Fsp3) is 0.714. The maximum Gasteiger partial charge on any atom is 0.0911 e. The van der Waals surface area contributed by atoms with Crippen molar-refractivity contribution in [2.75, 3.05) is 0 Å². The van der Waals surface area contributed by atoms with Gasteiger partial charge in [0.25, 0.3) is 0 Å². The highest BCUT2D eigenvalue weighted by atomic mass is 16.3. The van der Waals surface area contributed by atoms with Crippen LogP contribution in [0.4, 0.5) is 0 Å². The molecular weight excluding hydrogens is 198 g/mol. The molecule has 1 unspecified atom stereocenters. The molecule has 0 aromatic carbocycles. The SMILES string of the molecule is CCCCCCCCn1cccc1C(C)O. The second-order valence-corrected chi connectivity index (χ2v) is 4.57. The van der Waals surface area contributed by atoms with E-state index in [9.17, 15) is 5.11 Å². The van der Waals surface area contributed by atoms with Crippen LogP contribution in [0.25, 0.3) is 0 Å². The summed E-state index contributed by atoms with van der Waals surface area (Å²) >= 11 is 0. The summed E-state index contributed by atoms with van der Waals surface area (Å²) in [6, 6.07) is 4.01. The molecule has 0 radical (unpaired) electrons. The average Bonchev–Trinajstić information content (AvgIpc) is 2.71. The molecule has 0 saturated carbocycles. The average molecular weight is 223 g/mol. The van der Waals surface area contributed by atoms with Gasteiger partial charge < -0.3 is 9.67 Å². The fourth-order valence-electron chi connectivity index (χ4n) is 2.07. The van der Waals surface area contributed by atoms with Gasteiger partial charge in [0, 0.05) is 18.4 Å². The molecule has 0 aliphatic rings. The van der Waals surface area contributed by atoms with Crippen molar-refractivity contribution in [1.82, 2.24) is 4.57 Å². The number of nitrogens with zero attached hydrogens (tertiary/aromatic N) is 1. The summed E-state index contributed by atoms with van der Waals surface area (Å²) in [5.41, 5.74) is 1.04. The van der Waals surface area contributed by atoms with Crippen LogP contribution in [0.1, 0.15) is 64.2 Å². The van der Waals surface area contributed by atoms with Crippen molar-refractivity contribution in [2.45, 2.75) is 65.0 Å². The Hall–Kier alpha value is -0.760. The second-order valence-electron chi connectivity index (χ2n) is 4.57. The zero-order valence-electron chi connectivity index (χ0n) is 10.7. The minimum Gasteiger partial charge on any atom is -0.387 e. The highest BCUT2D eigenvalue weighted by Crippen LogP contribution is 2.14. The molecular formula is C14H25NO. The van der Waals surface area contributed by atoms with E-state index in [2.05, 4.69) is 17.7 Å². The monoisotopic (exact) mass is 223 g/mol. The van der Waals surface area contributed by atoms with Gasteiger partial charge in [0.15, 0.2) is 0 Å². The van der Waals surface area contributed by atoms with Crippen LogP contribution in [-0.4, -0.2) is 9.67 Å². The lowest BCUT2D eigenvalue weighted by Crippen LogP contribution is -2.04. The zero-order chi connectivity index (χ0) is 11.8. The molecule has 1 aromatic heterocycles. The van der Waals surface area contributed by atoms with Gasteiger partial charge in [-0.2, -0.15) is 0 Å². The summed E-state index contributed by atoms with van der Waals surface area (Å²) in [6.07, 6.45) is 9.62. The fourth-order valence-corrected chi connectivity index (χ4v) is 2.07. The molecule has 1 atom stereocenters. The Morgan fingerprint density at radius 1 is 1.19 bits per heavy atom. The van der Waals surface area contributed by atoms with E-state index in [1.807, 2.05) is 19.1 Å². The number of aromatic nitrogens is 1. The largest absolute Gasteiger partial charge is 0.387 e. The molecule has 1 rings (SSSR count). The van der Waals surface area contributed by atoms with Crippen LogP contribution in [0.2, 0.25) is 0 Å².